The standard InChI is InChI=1S/C20H24N4O2/c1-14-3-4-17-18(11-14)26-15(2)13-24(17)20(25)16-5-9-23(10-6-16)19-12-21-7-8-22-19/h3-4,7-8,11-12,15-16H,5-6,9-10,13H2,1-2H3/t15-/m1/s1. The lowest BCUT2D eigenvalue weighted by atomic mass is 9.94. The van der Waals surface area contributed by atoms with Crippen molar-refractivity contribution in [1.82, 2.24) is 9.97 Å². The number of carbonyl (C=O) groups is 1. The van der Waals surface area contributed by atoms with Gasteiger partial charge in [0.05, 0.1) is 18.4 Å². The van der Waals surface area contributed by atoms with Crippen LogP contribution < -0.4 is 14.5 Å². The molecule has 6 nitrogen and oxygen atoms in total. The maximum Gasteiger partial charge on any atom is 0.230 e. The van der Waals surface area contributed by atoms with Crippen LogP contribution in [-0.2, 0) is 4.79 Å². The zero-order chi connectivity index (χ0) is 18.1. The number of aryl methyl sites for hydroxylation is 1. The summed E-state index contributed by atoms with van der Waals surface area (Å²) in [4.78, 5) is 25.8. The molecule has 0 bridgehead atoms. The van der Waals surface area contributed by atoms with Crippen LogP contribution in [0.1, 0.15) is 25.3 Å². The molecule has 1 amide bonds. The van der Waals surface area contributed by atoms with E-state index in [0.29, 0.717) is 6.54 Å². The summed E-state index contributed by atoms with van der Waals surface area (Å²) in [7, 11) is 0. The Kier molecular flexibility index (Phi) is 4.49. The van der Waals surface area contributed by atoms with E-state index in [0.717, 1.165) is 48.7 Å². The lowest BCUT2D eigenvalue weighted by Gasteiger charge is -2.38. The first-order chi connectivity index (χ1) is 12.6. The molecule has 0 N–H and O–H groups in total. The third-order valence-corrected chi connectivity index (χ3v) is 5.16. The Morgan fingerprint density at radius 3 is 2.77 bits per heavy atom. The minimum atomic E-state index is 0.00734. The summed E-state index contributed by atoms with van der Waals surface area (Å²) in [5, 5.41) is 0. The highest BCUT2D eigenvalue weighted by Crippen LogP contribution is 2.36. The minimum absolute atomic E-state index is 0.00734. The average Bonchev–Trinajstić information content (AvgIpc) is 2.67. The highest BCUT2D eigenvalue weighted by Gasteiger charge is 2.34. The summed E-state index contributed by atoms with van der Waals surface area (Å²) in [6, 6.07) is 6.06. The van der Waals surface area contributed by atoms with Crippen molar-refractivity contribution < 1.29 is 9.53 Å². The van der Waals surface area contributed by atoms with Gasteiger partial charge in [0.2, 0.25) is 5.91 Å². The molecule has 1 atom stereocenters. The van der Waals surface area contributed by atoms with Gasteiger partial charge in [-0.05, 0) is 44.4 Å². The van der Waals surface area contributed by atoms with Crippen molar-refractivity contribution in [3.05, 3.63) is 42.4 Å². The Bertz CT molecular complexity index is 788. The molecule has 1 saturated heterocycles. The predicted molar refractivity (Wildman–Crippen MR) is 101 cm³/mol. The molecule has 0 spiro atoms. The van der Waals surface area contributed by atoms with Gasteiger partial charge in [-0.15, -0.1) is 0 Å². The van der Waals surface area contributed by atoms with Crippen LogP contribution in [0.3, 0.4) is 0 Å². The lowest BCUT2D eigenvalue weighted by Crippen LogP contribution is -2.47. The molecule has 2 aliphatic rings. The zero-order valence-electron chi connectivity index (χ0n) is 15.3. The summed E-state index contributed by atoms with van der Waals surface area (Å²) in [5.41, 5.74) is 2.04. The molecule has 4 rings (SSSR count). The van der Waals surface area contributed by atoms with E-state index in [4.69, 9.17) is 4.74 Å². The molecule has 0 unspecified atom stereocenters. The molecule has 26 heavy (non-hydrogen) atoms. The largest absolute Gasteiger partial charge is 0.487 e. The Labute approximate surface area is 153 Å². The van der Waals surface area contributed by atoms with Crippen molar-refractivity contribution in [3.8, 4) is 5.75 Å². The number of ether oxygens (including phenoxy) is 1. The molecule has 6 heteroatoms. The van der Waals surface area contributed by atoms with Crippen LogP contribution in [-0.4, -0.2) is 41.6 Å². The van der Waals surface area contributed by atoms with Gasteiger partial charge in [0.15, 0.2) is 0 Å². The number of hydrogen-bond acceptors (Lipinski definition) is 5. The monoisotopic (exact) mass is 352 g/mol. The van der Waals surface area contributed by atoms with Crippen molar-refractivity contribution in [3.63, 3.8) is 0 Å². The summed E-state index contributed by atoms with van der Waals surface area (Å²) in [6.07, 6.45) is 6.85. The SMILES string of the molecule is Cc1ccc2c(c1)O[C@H](C)CN2C(=O)C1CCN(c2cnccn2)CC1. The second-order valence-corrected chi connectivity index (χ2v) is 7.17. The first-order valence-corrected chi connectivity index (χ1v) is 9.21. The quantitative estimate of drug-likeness (QED) is 0.832. The number of benzene rings is 1. The molecule has 1 fully saturated rings. The van der Waals surface area contributed by atoms with Crippen molar-refractivity contribution in [2.45, 2.75) is 32.8 Å². The summed E-state index contributed by atoms with van der Waals surface area (Å²) in [5.74, 6) is 1.96. The number of piperidine rings is 1. The van der Waals surface area contributed by atoms with Gasteiger partial charge >= 0.3 is 0 Å². The normalized spacial score (nSPS) is 20.5. The number of fused-ring (bicyclic) bond motifs is 1. The van der Waals surface area contributed by atoms with E-state index in [1.165, 1.54) is 0 Å². The van der Waals surface area contributed by atoms with Crippen LogP contribution in [0, 0.1) is 12.8 Å². The zero-order valence-corrected chi connectivity index (χ0v) is 15.3. The molecule has 2 aromatic rings. The fourth-order valence-corrected chi connectivity index (χ4v) is 3.79. The van der Waals surface area contributed by atoms with Gasteiger partial charge in [-0.25, -0.2) is 4.98 Å². The second-order valence-electron chi connectivity index (χ2n) is 7.17. The molecule has 0 saturated carbocycles. The Hall–Kier alpha value is -2.63. The average molecular weight is 352 g/mol. The third kappa shape index (κ3) is 3.23. The molecule has 1 aromatic heterocycles. The Balaban J connectivity index is 1.47. The van der Waals surface area contributed by atoms with Crippen LogP contribution in [0.25, 0.3) is 0 Å². The van der Waals surface area contributed by atoms with Crippen molar-refractivity contribution in [2.24, 2.45) is 5.92 Å². The number of hydrogen-bond donors (Lipinski definition) is 0. The molecule has 0 radical (unpaired) electrons. The van der Waals surface area contributed by atoms with Crippen molar-refractivity contribution >= 4 is 17.4 Å². The van der Waals surface area contributed by atoms with Gasteiger partial charge in [-0.1, -0.05) is 6.07 Å². The Morgan fingerprint density at radius 1 is 1.23 bits per heavy atom. The van der Waals surface area contributed by atoms with E-state index in [1.807, 2.05) is 36.9 Å². The molecule has 3 heterocycles. The van der Waals surface area contributed by atoms with Gasteiger partial charge in [0.1, 0.15) is 17.7 Å². The first kappa shape index (κ1) is 16.8. The number of amides is 1. The van der Waals surface area contributed by atoms with E-state index >= 15 is 0 Å². The summed E-state index contributed by atoms with van der Waals surface area (Å²) < 4.78 is 5.94. The maximum atomic E-state index is 13.2. The third-order valence-electron chi connectivity index (χ3n) is 5.16. The maximum absolute atomic E-state index is 13.2. The van der Waals surface area contributed by atoms with Crippen molar-refractivity contribution in [1.29, 1.82) is 0 Å². The molecule has 1 aromatic carbocycles. The predicted octanol–water partition coefficient (Wildman–Crippen LogP) is 2.82. The molecular formula is C20H24N4O2. The summed E-state index contributed by atoms with van der Waals surface area (Å²) in [6.45, 7) is 6.32. The number of rotatable bonds is 2. The van der Waals surface area contributed by atoms with Gasteiger partial charge in [-0.3, -0.25) is 9.78 Å². The van der Waals surface area contributed by atoms with E-state index in [9.17, 15) is 4.79 Å². The van der Waals surface area contributed by atoms with Crippen LogP contribution >= 0.6 is 0 Å². The van der Waals surface area contributed by atoms with Crippen LogP contribution in [0.4, 0.5) is 11.5 Å². The number of aromatic nitrogens is 2. The van der Waals surface area contributed by atoms with Gasteiger partial charge in [0.25, 0.3) is 0 Å². The van der Waals surface area contributed by atoms with Gasteiger partial charge < -0.3 is 14.5 Å². The van der Waals surface area contributed by atoms with E-state index < -0.39 is 0 Å². The molecular weight excluding hydrogens is 328 g/mol. The van der Waals surface area contributed by atoms with E-state index in [1.54, 1.807) is 18.6 Å². The summed E-state index contributed by atoms with van der Waals surface area (Å²) >= 11 is 0. The number of nitrogens with zero attached hydrogens (tertiary/aromatic N) is 4. The van der Waals surface area contributed by atoms with Crippen LogP contribution in [0.2, 0.25) is 0 Å². The van der Waals surface area contributed by atoms with E-state index in [2.05, 4.69) is 14.9 Å². The first-order valence-electron chi connectivity index (χ1n) is 9.21. The fourth-order valence-electron chi connectivity index (χ4n) is 3.79. The lowest BCUT2D eigenvalue weighted by molar-refractivity contribution is -0.123. The second kappa shape index (κ2) is 6.94. The number of carbonyl (C=O) groups excluding carboxylic acids is 1. The topological polar surface area (TPSA) is 58.6 Å². The molecule has 0 aliphatic carbocycles. The number of anilines is 2. The van der Waals surface area contributed by atoms with Gasteiger partial charge in [0, 0.05) is 31.4 Å². The van der Waals surface area contributed by atoms with E-state index in [-0.39, 0.29) is 17.9 Å². The molecule has 2 aliphatic heterocycles. The highest BCUT2D eigenvalue weighted by molar-refractivity contribution is 5.97. The molecule has 136 valence electrons. The highest BCUT2D eigenvalue weighted by atomic mass is 16.5. The van der Waals surface area contributed by atoms with Crippen LogP contribution in [0.15, 0.2) is 36.8 Å². The minimum Gasteiger partial charge on any atom is -0.487 e. The van der Waals surface area contributed by atoms with Crippen molar-refractivity contribution in [2.75, 3.05) is 29.4 Å². The Morgan fingerprint density at radius 2 is 2.04 bits per heavy atom. The van der Waals surface area contributed by atoms with Crippen LogP contribution in [0.5, 0.6) is 5.75 Å². The van der Waals surface area contributed by atoms with Gasteiger partial charge in [-0.2, -0.15) is 0 Å². The smallest absolute Gasteiger partial charge is 0.230 e. The fraction of sp³-hybridized carbons (Fsp3) is 0.450.